The molecule has 0 heterocycles. The van der Waals surface area contributed by atoms with Crippen LogP contribution in [0.3, 0.4) is 0 Å². The van der Waals surface area contributed by atoms with Crippen molar-refractivity contribution < 1.29 is 19.5 Å². The van der Waals surface area contributed by atoms with Gasteiger partial charge >= 0.3 is 5.97 Å². The molecule has 0 saturated heterocycles. The zero-order chi connectivity index (χ0) is 22.1. The Morgan fingerprint density at radius 2 is 1.77 bits per heavy atom. The molecule has 31 heavy (non-hydrogen) atoms. The lowest BCUT2D eigenvalue weighted by atomic mass is 10.0. The highest BCUT2D eigenvalue weighted by atomic mass is 16.5. The molecule has 0 spiro atoms. The molecule has 1 aliphatic carbocycles. The molecule has 1 amide bonds. The Hall–Kier alpha value is -2.96. The summed E-state index contributed by atoms with van der Waals surface area (Å²) in [7, 11) is 1.95. The van der Waals surface area contributed by atoms with Gasteiger partial charge in [-0.2, -0.15) is 0 Å². The summed E-state index contributed by atoms with van der Waals surface area (Å²) < 4.78 is 5.84. The van der Waals surface area contributed by atoms with Gasteiger partial charge in [0.05, 0.1) is 0 Å². The van der Waals surface area contributed by atoms with Crippen molar-refractivity contribution in [2.45, 2.75) is 50.8 Å². The number of benzene rings is 2. The van der Waals surface area contributed by atoms with Crippen molar-refractivity contribution in [1.82, 2.24) is 10.4 Å². The Morgan fingerprint density at radius 3 is 2.42 bits per heavy atom. The van der Waals surface area contributed by atoms with Crippen LogP contribution in [-0.2, 0) is 27.3 Å². The van der Waals surface area contributed by atoms with Gasteiger partial charge in [0.25, 0.3) is 5.91 Å². The lowest BCUT2D eigenvalue weighted by molar-refractivity contribution is -0.155. The summed E-state index contributed by atoms with van der Waals surface area (Å²) in [6.45, 7) is 0.596. The molecule has 1 atom stereocenters. The average molecular weight is 423 g/mol. The van der Waals surface area contributed by atoms with Crippen LogP contribution in [0.5, 0.6) is 0 Å². The Kier molecular flexibility index (Phi) is 8.38. The predicted octanol–water partition coefficient (Wildman–Crippen LogP) is 3.73. The van der Waals surface area contributed by atoms with Crippen molar-refractivity contribution in [3.05, 3.63) is 77.4 Å². The van der Waals surface area contributed by atoms with E-state index in [-0.39, 0.29) is 18.1 Å². The molecule has 6 heteroatoms. The maximum absolute atomic E-state index is 13.0. The van der Waals surface area contributed by atoms with Crippen LogP contribution in [0, 0.1) is 0 Å². The number of rotatable bonds is 9. The van der Waals surface area contributed by atoms with Crippen LogP contribution in [-0.4, -0.2) is 41.2 Å². The minimum atomic E-state index is -0.576. The van der Waals surface area contributed by atoms with Crippen LogP contribution in [0.15, 0.2) is 60.7 Å². The van der Waals surface area contributed by atoms with Crippen molar-refractivity contribution in [3.63, 3.8) is 0 Å². The fourth-order valence-electron chi connectivity index (χ4n) is 3.85. The van der Waals surface area contributed by atoms with E-state index in [1.807, 2.05) is 66.5 Å². The number of carbonyl (C=O) groups is 2. The maximum Gasteiger partial charge on any atom is 0.323 e. The van der Waals surface area contributed by atoms with Gasteiger partial charge in [-0.3, -0.25) is 19.7 Å². The smallest absolute Gasteiger partial charge is 0.323 e. The molecular weight excluding hydrogens is 392 g/mol. The Balaban J connectivity index is 1.68. The van der Waals surface area contributed by atoms with E-state index < -0.39 is 5.91 Å². The molecule has 0 unspecified atom stereocenters. The number of esters is 1. The van der Waals surface area contributed by atoms with Gasteiger partial charge < -0.3 is 4.74 Å². The van der Waals surface area contributed by atoms with E-state index in [2.05, 4.69) is 0 Å². The number of hydrogen-bond acceptors (Lipinski definition) is 5. The van der Waals surface area contributed by atoms with Crippen molar-refractivity contribution in [2.75, 3.05) is 7.05 Å². The van der Waals surface area contributed by atoms with Gasteiger partial charge in [0.2, 0.25) is 0 Å². The summed E-state index contributed by atoms with van der Waals surface area (Å²) in [6.07, 6.45) is 7.68. The Labute approximate surface area is 183 Å². The molecular formula is C25H30N2O4. The molecule has 0 radical (unpaired) electrons. The third-order valence-electron chi connectivity index (χ3n) is 5.61. The first-order valence-corrected chi connectivity index (χ1v) is 10.7. The van der Waals surface area contributed by atoms with E-state index in [9.17, 15) is 9.59 Å². The minimum Gasteiger partial charge on any atom is -0.461 e. The van der Waals surface area contributed by atoms with Gasteiger partial charge in [-0.15, -0.1) is 0 Å². The molecule has 6 nitrogen and oxygen atoms in total. The van der Waals surface area contributed by atoms with Gasteiger partial charge in [0.15, 0.2) is 0 Å². The molecule has 3 rings (SSSR count). The fraction of sp³-hybridized carbons (Fsp3) is 0.360. The summed E-state index contributed by atoms with van der Waals surface area (Å²) in [5, 5.41) is 8.55. The quantitative estimate of drug-likeness (QED) is 0.279. The fourth-order valence-corrected chi connectivity index (χ4v) is 3.85. The standard InChI is InChI=1S/C25H30N2O4/c1-27(18-21-13-11-19(12-14-21)15-16-24(28)26-30)23(17-20-7-3-2-4-8-20)25(29)31-22-9-5-6-10-22/h2-4,7-8,11-16,22-23,30H,5-6,9-10,17-18H2,1H3,(H,26,28)/b16-15+/t23-/m0/s1. The molecule has 2 aromatic rings. The summed E-state index contributed by atoms with van der Waals surface area (Å²) in [6, 6.07) is 17.4. The van der Waals surface area contributed by atoms with Crippen LogP contribution in [0.2, 0.25) is 0 Å². The monoisotopic (exact) mass is 422 g/mol. The van der Waals surface area contributed by atoms with Crippen LogP contribution < -0.4 is 5.48 Å². The highest BCUT2D eigenvalue weighted by Crippen LogP contribution is 2.23. The topological polar surface area (TPSA) is 78.9 Å². The molecule has 0 aliphatic heterocycles. The Morgan fingerprint density at radius 1 is 1.10 bits per heavy atom. The van der Waals surface area contributed by atoms with E-state index in [0.29, 0.717) is 13.0 Å². The largest absolute Gasteiger partial charge is 0.461 e. The number of carbonyl (C=O) groups excluding carboxylic acids is 2. The summed E-state index contributed by atoms with van der Waals surface area (Å²) in [4.78, 5) is 26.2. The van der Waals surface area contributed by atoms with Crippen LogP contribution in [0.1, 0.15) is 42.4 Å². The lowest BCUT2D eigenvalue weighted by Crippen LogP contribution is -2.42. The summed E-state index contributed by atoms with van der Waals surface area (Å²) in [5.74, 6) is -0.735. The first kappa shape index (κ1) is 22.7. The molecule has 1 fully saturated rings. The van der Waals surface area contributed by atoms with Crippen LogP contribution in [0.4, 0.5) is 0 Å². The number of nitrogens with zero attached hydrogens (tertiary/aromatic N) is 1. The van der Waals surface area contributed by atoms with Crippen molar-refractivity contribution in [3.8, 4) is 0 Å². The molecule has 2 aromatic carbocycles. The predicted molar refractivity (Wildman–Crippen MR) is 119 cm³/mol. The van der Waals surface area contributed by atoms with Crippen LogP contribution >= 0.6 is 0 Å². The van der Waals surface area contributed by atoms with Crippen molar-refractivity contribution in [1.29, 1.82) is 0 Å². The molecule has 0 aromatic heterocycles. The molecule has 0 bridgehead atoms. The van der Waals surface area contributed by atoms with E-state index in [1.54, 1.807) is 11.6 Å². The number of ether oxygens (including phenoxy) is 1. The second kappa shape index (κ2) is 11.4. The number of amides is 1. The van der Waals surface area contributed by atoms with Gasteiger partial charge in [-0.25, -0.2) is 5.48 Å². The second-order valence-electron chi connectivity index (χ2n) is 8.01. The third-order valence-corrected chi connectivity index (χ3v) is 5.61. The number of hydrogen-bond donors (Lipinski definition) is 2. The summed E-state index contributed by atoms with van der Waals surface area (Å²) >= 11 is 0. The maximum atomic E-state index is 13.0. The zero-order valence-corrected chi connectivity index (χ0v) is 17.9. The van der Waals surface area contributed by atoms with Gasteiger partial charge in [-0.1, -0.05) is 54.6 Å². The highest BCUT2D eigenvalue weighted by molar-refractivity contribution is 5.90. The SMILES string of the molecule is CN(Cc1ccc(/C=C/C(=O)NO)cc1)[C@@H](Cc1ccccc1)C(=O)OC1CCCC1. The van der Waals surface area contributed by atoms with E-state index in [4.69, 9.17) is 9.94 Å². The molecule has 1 aliphatic rings. The zero-order valence-electron chi connectivity index (χ0n) is 17.9. The Bertz CT molecular complexity index is 874. The number of hydroxylamine groups is 1. The van der Waals surface area contributed by atoms with Gasteiger partial charge in [0, 0.05) is 12.6 Å². The van der Waals surface area contributed by atoms with Gasteiger partial charge in [0.1, 0.15) is 12.1 Å². The first-order chi connectivity index (χ1) is 15.0. The average Bonchev–Trinajstić information content (AvgIpc) is 3.30. The highest BCUT2D eigenvalue weighted by Gasteiger charge is 2.29. The third kappa shape index (κ3) is 7.05. The molecule has 164 valence electrons. The van der Waals surface area contributed by atoms with E-state index >= 15 is 0 Å². The van der Waals surface area contributed by atoms with Gasteiger partial charge in [-0.05, 0) is 61.9 Å². The minimum absolute atomic E-state index is 0.0429. The molecule has 1 saturated carbocycles. The molecule has 2 N–H and O–H groups in total. The number of likely N-dealkylation sites (N-methyl/N-ethyl adjacent to an activating group) is 1. The van der Waals surface area contributed by atoms with Crippen LogP contribution in [0.25, 0.3) is 6.08 Å². The second-order valence-corrected chi connectivity index (χ2v) is 8.01. The van der Waals surface area contributed by atoms with Crippen molar-refractivity contribution >= 4 is 18.0 Å². The van der Waals surface area contributed by atoms with E-state index in [1.165, 1.54) is 6.08 Å². The van der Waals surface area contributed by atoms with E-state index in [0.717, 1.165) is 42.4 Å². The first-order valence-electron chi connectivity index (χ1n) is 10.7. The van der Waals surface area contributed by atoms with Crippen molar-refractivity contribution in [2.24, 2.45) is 0 Å². The summed E-state index contributed by atoms with van der Waals surface area (Å²) in [5.41, 5.74) is 4.56. The normalized spacial score (nSPS) is 15.3. The number of nitrogens with one attached hydrogen (secondary N) is 1. The lowest BCUT2D eigenvalue weighted by Gasteiger charge is -2.28.